The number of methoxy groups -OCH3 is 1. The van der Waals surface area contributed by atoms with Gasteiger partial charge in [0.25, 0.3) is 0 Å². The van der Waals surface area contributed by atoms with Crippen molar-refractivity contribution in [3.8, 4) is 11.5 Å². The summed E-state index contributed by atoms with van der Waals surface area (Å²) >= 11 is 0. The zero-order valence-corrected chi connectivity index (χ0v) is 17.5. The summed E-state index contributed by atoms with van der Waals surface area (Å²) in [4.78, 5) is 15.1. The van der Waals surface area contributed by atoms with Gasteiger partial charge in [-0.15, -0.1) is 0 Å². The van der Waals surface area contributed by atoms with E-state index in [1.165, 1.54) is 0 Å². The van der Waals surface area contributed by atoms with Crippen molar-refractivity contribution in [2.24, 2.45) is 0 Å². The van der Waals surface area contributed by atoms with Gasteiger partial charge < -0.3 is 9.47 Å². The number of hydrogen-bond donors (Lipinski definition) is 0. The summed E-state index contributed by atoms with van der Waals surface area (Å²) in [7, 11) is 1.65. The fraction of sp³-hybridized carbons (Fsp3) is 0.148. The molecular formula is C27H23NO3. The highest BCUT2D eigenvalue weighted by Crippen LogP contribution is 2.46. The Hall–Kier alpha value is -3.79. The van der Waals surface area contributed by atoms with Crippen LogP contribution < -0.4 is 9.47 Å². The first-order chi connectivity index (χ1) is 15.2. The standard InChI is InChI=1S/C27H23NO3/c1-18(19-8-4-3-5-9-19)28-26(21-12-15-22(30-2)16-13-21)25-23-11-7-6-10-20(23)14-17-24(25)31-27(28)29/h3-18,26H,1-2H3/t18-,26?/m1/s1. The zero-order chi connectivity index (χ0) is 21.4. The smallest absolute Gasteiger partial charge is 0.416 e. The van der Waals surface area contributed by atoms with Gasteiger partial charge in [-0.25, -0.2) is 4.79 Å². The molecule has 1 aliphatic rings. The van der Waals surface area contributed by atoms with E-state index in [2.05, 4.69) is 12.1 Å². The average Bonchev–Trinajstić information content (AvgIpc) is 2.83. The predicted octanol–water partition coefficient (Wildman–Crippen LogP) is 6.51. The molecule has 4 aromatic carbocycles. The molecule has 0 aliphatic carbocycles. The van der Waals surface area contributed by atoms with Crippen molar-refractivity contribution in [2.75, 3.05) is 7.11 Å². The van der Waals surface area contributed by atoms with Gasteiger partial charge in [0.05, 0.1) is 19.2 Å². The first-order valence-electron chi connectivity index (χ1n) is 10.4. The summed E-state index contributed by atoms with van der Waals surface area (Å²) in [6.45, 7) is 2.04. The van der Waals surface area contributed by atoms with E-state index in [1.807, 2.05) is 90.7 Å². The molecule has 0 radical (unpaired) electrons. The van der Waals surface area contributed by atoms with Gasteiger partial charge in [-0.3, -0.25) is 4.90 Å². The molecule has 0 fully saturated rings. The van der Waals surface area contributed by atoms with Crippen LogP contribution in [0.15, 0.2) is 91.0 Å². The highest BCUT2D eigenvalue weighted by Gasteiger charge is 2.39. The number of amides is 1. The third-order valence-corrected chi connectivity index (χ3v) is 6.02. The van der Waals surface area contributed by atoms with Crippen LogP contribution in [-0.4, -0.2) is 18.1 Å². The van der Waals surface area contributed by atoms with E-state index in [4.69, 9.17) is 9.47 Å². The molecule has 1 heterocycles. The minimum atomic E-state index is -0.347. The normalized spacial score (nSPS) is 16.5. The average molecular weight is 409 g/mol. The first-order valence-corrected chi connectivity index (χ1v) is 10.4. The SMILES string of the molecule is COc1ccc(C2c3c(ccc4ccccc34)OC(=O)N2[C@H](C)c2ccccc2)cc1. The lowest BCUT2D eigenvalue weighted by Gasteiger charge is -2.41. The van der Waals surface area contributed by atoms with Crippen LogP contribution in [0, 0.1) is 0 Å². The molecule has 0 aromatic heterocycles. The highest BCUT2D eigenvalue weighted by molar-refractivity contribution is 5.91. The Balaban J connectivity index is 1.74. The number of nitrogens with zero attached hydrogens (tertiary/aromatic N) is 1. The summed E-state index contributed by atoms with van der Waals surface area (Å²) in [5, 5.41) is 2.20. The lowest BCUT2D eigenvalue weighted by molar-refractivity contribution is 0.106. The molecule has 31 heavy (non-hydrogen) atoms. The van der Waals surface area contributed by atoms with Gasteiger partial charge in [0.2, 0.25) is 0 Å². The van der Waals surface area contributed by atoms with Gasteiger partial charge in [0.1, 0.15) is 11.5 Å². The number of carbonyl (C=O) groups excluding carboxylic acids is 1. The molecule has 1 amide bonds. The second-order valence-corrected chi connectivity index (χ2v) is 7.74. The maximum atomic E-state index is 13.3. The Morgan fingerprint density at radius 2 is 1.58 bits per heavy atom. The zero-order valence-electron chi connectivity index (χ0n) is 17.5. The maximum Gasteiger partial charge on any atom is 0.416 e. The predicted molar refractivity (Wildman–Crippen MR) is 122 cm³/mol. The van der Waals surface area contributed by atoms with Crippen molar-refractivity contribution >= 4 is 16.9 Å². The lowest BCUT2D eigenvalue weighted by atomic mass is 9.89. The molecule has 0 saturated heterocycles. The molecule has 4 nitrogen and oxygen atoms in total. The van der Waals surface area contributed by atoms with E-state index in [1.54, 1.807) is 7.11 Å². The first kappa shape index (κ1) is 19.2. The molecule has 1 aliphatic heterocycles. The van der Waals surface area contributed by atoms with Crippen molar-refractivity contribution in [3.05, 3.63) is 108 Å². The number of ether oxygens (including phenoxy) is 2. The van der Waals surface area contributed by atoms with Crippen LogP contribution in [0.1, 0.15) is 35.7 Å². The molecular weight excluding hydrogens is 386 g/mol. The summed E-state index contributed by atoms with van der Waals surface area (Å²) in [6.07, 6.45) is -0.347. The summed E-state index contributed by atoms with van der Waals surface area (Å²) < 4.78 is 11.2. The van der Waals surface area contributed by atoms with E-state index in [0.717, 1.165) is 33.2 Å². The topological polar surface area (TPSA) is 38.8 Å². The van der Waals surface area contributed by atoms with Crippen LogP contribution in [0.5, 0.6) is 11.5 Å². The van der Waals surface area contributed by atoms with Crippen LogP contribution in [0.25, 0.3) is 10.8 Å². The number of benzene rings is 4. The van der Waals surface area contributed by atoms with Gasteiger partial charge in [-0.1, -0.05) is 72.8 Å². The minimum Gasteiger partial charge on any atom is -0.497 e. The Morgan fingerprint density at radius 1 is 0.871 bits per heavy atom. The molecule has 154 valence electrons. The number of fused-ring (bicyclic) bond motifs is 3. The van der Waals surface area contributed by atoms with Crippen LogP contribution in [-0.2, 0) is 0 Å². The van der Waals surface area contributed by atoms with E-state index in [-0.39, 0.29) is 18.2 Å². The Morgan fingerprint density at radius 3 is 2.32 bits per heavy atom. The Kier molecular flexibility index (Phi) is 4.83. The van der Waals surface area contributed by atoms with Gasteiger partial charge in [-0.2, -0.15) is 0 Å². The van der Waals surface area contributed by atoms with Crippen LogP contribution in [0.2, 0.25) is 0 Å². The number of rotatable bonds is 4. The second-order valence-electron chi connectivity index (χ2n) is 7.74. The van der Waals surface area contributed by atoms with Crippen LogP contribution >= 0.6 is 0 Å². The number of carbonyl (C=O) groups is 1. The van der Waals surface area contributed by atoms with Gasteiger partial charge >= 0.3 is 6.09 Å². The Bertz CT molecular complexity index is 1230. The van der Waals surface area contributed by atoms with Gasteiger partial charge in [0, 0.05) is 5.56 Å². The molecule has 2 atom stereocenters. The van der Waals surface area contributed by atoms with E-state index in [0.29, 0.717) is 5.75 Å². The lowest BCUT2D eigenvalue weighted by Crippen LogP contribution is -2.43. The van der Waals surface area contributed by atoms with Crippen molar-refractivity contribution in [2.45, 2.75) is 19.0 Å². The minimum absolute atomic E-state index is 0.173. The van der Waals surface area contributed by atoms with E-state index >= 15 is 0 Å². The highest BCUT2D eigenvalue weighted by atomic mass is 16.6. The van der Waals surface area contributed by atoms with E-state index in [9.17, 15) is 4.79 Å². The number of hydrogen-bond acceptors (Lipinski definition) is 3. The molecule has 0 spiro atoms. The molecule has 5 rings (SSSR count). The fourth-order valence-corrected chi connectivity index (χ4v) is 4.43. The summed E-state index contributed by atoms with van der Waals surface area (Å²) in [6, 6.07) is 29.6. The van der Waals surface area contributed by atoms with Crippen LogP contribution in [0.3, 0.4) is 0 Å². The maximum absolute atomic E-state index is 13.3. The monoisotopic (exact) mass is 409 g/mol. The molecule has 4 heteroatoms. The second kappa shape index (κ2) is 7.80. The van der Waals surface area contributed by atoms with Crippen molar-refractivity contribution in [1.82, 2.24) is 4.90 Å². The molecule has 0 bridgehead atoms. The summed E-state index contributed by atoms with van der Waals surface area (Å²) in [5.41, 5.74) is 3.07. The third kappa shape index (κ3) is 3.30. The van der Waals surface area contributed by atoms with E-state index < -0.39 is 0 Å². The van der Waals surface area contributed by atoms with Crippen molar-refractivity contribution in [3.63, 3.8) is 0 Å². The Labute approximate surface area is 181 Å². The van der Waals surface area contributed by atoms with Crippen molar-refractivity contribution < 1.29 is 14.3 Å². The quantitative estimate of drug-likeness (QED) is 0.385. The van der Waals surface area contributed by atoms with Gasteiger partial charge in [-0.05, 0) is 47.0 Å². The van der Waals surface area contributed by atoms with Crippen LogP contribution in [0.4, 0.5) is 4.79 Å². The fourth-order valence-electron chi connectivity index (χ4n) is 4.43. The molecule has 1 unspecified atom stereocenters. The molecule has 0 saturated carbocycles. The largest absolute Gasteiger partial charge is 0.497 e. The third-order valence-electron chi connectivity index (χ3n) is 6.02. The molecule has 4 aromatic rings. The van der Waals surface area contributed by atoms with Crippen molar-refractivity contribution in [1.29, 1.82) is 0 Å². The summed E-state index contributed by atoms with van der Waals surface area (Å²) in [5.74, 6) is 1.39. The van der Waals surface area contributed by atoms with Gasteiger partial charge in [0.15, 0.2) is 0 Å². The molecule has 0 N–H and O–H groups in total.